The zero-order valence-corrected chi connectivity index (χ0v) is 11.8. The summed E-state index contributed by atoms with van der Waals surface area (Å²) in [5, 5.41) is 11.1. The number of aromatic amines is 1. The maximum Gasteiger partial charge on any atom is 0.236 e. The minimum Gasteiger partial charge on any atom is -0.337 e. The molecule has 5 nitrogen and oxygen atoms in total. The maximum absolute atomic E-state index is 12.5. The Morgan fingerprint density at radius 3 is 2.95 bits per heavy atom. The zero-order chi connectivity index (χ0) is 13.8. The van der Waals surface area contributed by atoms with E-state index in [0.717, 1.165) is 24.4 Å². The number of nitrogens with one attached hydrogen (secondary N) is 1. The smallest absolute Gasteiger partial charge is 0.236 e. The van der Waals surface area contributed by atoms with E-state index >= 15 is 0 Å². The lowest BCUT2D eigenvalue weighted by molar-refractivity contribution is -0.133. The van der Waals surface area contributed by atoms with Gasteiger partial charge in [-0.05, 0) is 18.4 Å². The summed E-state index contributed by atoms with van der Waals surface area (Å²) >= 11 is 1.50. The average molecular weight is 288 g/mol. The molecule has 3 rings (SSSR count). The molecule has 0 saturated carbocycles. The van der Waals surface area contributed by atoms with Crippen molar-refractivity contribution in [3.05, 3.63) is 42.1 Å². The number of hydrogen-bond acceptors (Lipinski definition) is 4. The summed E-state index contributed by atoms with van der Waals surface area (Å²) in [6.45, 7) is 1.53. The number of rotatable bonds is 4. The molecule has 1 amide bonds. The highest BCUT2D eigenvalue weighted by Gasteiger charge is 2.30. The number of aromatic nitrogens is 3. The third kappa shape index (κ3) is 3.01. The van der Waals surface area contributed by atoms with Crippen molar-refractivity contribution in [2.24, 2.45) is 0 Å². The van der Waals surface area contributed by atoms with E-state index in [9.17, 15) is 4.79 Å². The number of benzene rings is 1. The first kappa shape index (κ1) is 13.2. The van der Waals surface area contributed by atoms with Gasteiger partial charge in [0.25, 0.3) is 0 Å². The van der Waals surface area contributed by atoms with E-state index in [4.69, 9.17) is 0 Å². The number of hydrogen-bond donors (Lipinski definition) is 1. The molecule has 1 aromatic heterocycles. The van der Waals surface area contributed by atoms with Crippen molar-refractivity contribution in [2.45, 2.75) is 29.7 Å². The van der Waals surface area contributed by atoms with Gasteiger partial charge in [-0.25, -0.2) is 0 Å². The van der Waals surface area contributed by atoms with Crippen molar-refractivity contribution in [1.29, 1.82) is 0 Å². The van der Waals surface area contributed by atoms with Crippen LogP contribution < -0.4 is 0 Å². The first-order chi connectivity index (χ1) is 9.83. The second-order valence-corrected chi connectivity index (χ2v) is 6.03. The van der Waals surface area contributed by atoms with Gasteiger partial charge in [0.05, 0.1) is 11.4 Å². The van der Waals surface area contributed by atoms with E-state index in [0.29, 0.717) is 6.54 Å². The van der Waals surface area contributed by atoms with Crippen molar-refractivity contribution < 1.29 is 4.79 Å². The number of nitrogens with zero attached hydrogens (tertiary/aromatic N) is 3. The van der Waals surface area contributed by atoms with E-state index in [2.05, 4.69) is 27.5 Å². The Kier molecular flexibility index (Phi) is 4.01. The van der Waals surface area contributed by atoms with Gasteiger partial charge in [0.2, 0.25) is 5.91 Å². The molecule has 0 bridgehead atoms. The van der Waals surface area contributed by atoms with Gasteiger partial charge in [0.1, 0.15) is 5.03 Å². The first-order valence-electron chi connectivity index (χ1n) is 6.68. The predicted molar refractivity (Wildman–Crippen MR) is 77.1 cm³/mol. The van der Waals surface area contributed by atoms with Crippen molar-refractivity contribution in [1.82, 2.24) is 20.3 Å². The van der Waals surface area contributed by atoms with Gasteiger partial charge in [-0.2, -0.15) is 10.3 Å². The lowest BCUT2D eigenvalue weighted by atomic mass is 10.1. The summed E-state index contributed by atoms with van der Waals surface area (Å²) in [4.78, 5) is 14.4. The fourth-order valence-electron chi connectivity index (χ4n) is 2.37. The van der Waals surface area contributed by atoms with E-state index in [1.165, 1.54) is 17.3 Å². The van der Waals surface area contributed by atoms with Crippen molar-refractivity contribution >= 4 is 17.7 Å². The van der Waals surface area contributed by atoms with E-state index in [1.54, 1.807) is 6.20 Å². The Morgan fingerprint density at radius 2 is 2.20 bits per heavy atom. The van der Waals surface area contributed by atoms with Crippen LogP contribution in [0.3, 0.4) is 0 Å². The van der Waals surface area contributed by atoms with Gasteiger partial charge in [-0.15, -0.1) is 5.10 Å². The van der Waals surface area contributed by atoms with Crippen LogP contribution in [0.1, 0.15) is 18.4 Å². The molecule has 1 atom stereocenters. The Balaban J connectivity index is 1.66. The summed E-state index contributed by atoms with van der Waals surface area (Å²) in [7, 11) is 0. The normalized spacial score (nSPS) is 19.3. The SMILES string of the molecule is O=C1[C@@H](Sc2cn[nH]n2)CCCN1Cc1ccccc1. The number of thioether (sulfide) groups is 1. The van der Waals surface area contributed by atoms with Gasteiger partial charge in [-0.1, -0.05) is 42.1 Å². The molecule has 0 radical (unpaired) electrons. The Labute approximate surface area is 121 Å². The minimum atomic E-state index is -0.0439. The van der Waals surface area contributed by atoms with Crippen molar-refractivity contribution in [3.8, 4) is 0 Å². The van der Waals surface area contributed by atoms with Gasteiger partial charge in [-0.3, -0.25) is 4.79 Å². The lowest BCUT2D eigenvalue weighted by Gasteiger charge is -2.31. The van der Waals surface area contributed by atoms with Crippen molar-refractivity contribution in [2.75, 3.05) is 6.54 Å². The van der Waals surface area contributed by atoms with Crippen LogP contribution in [-0.2, 0) is 11.3 Å². The van der Waals surface area contributed by atoms with Crippen LogP contribution in [0.2, 0.25) is 0 Å². The summed E-state index contributed by atoms with van der Waals surface area (Å²) in [6.07, 6.45) is 3.60. The van der Waals surface area contributed by atoms with Crippen LogP contribution in [0.15, 0.2) is 41.6 Å². The molecule has 0 spiro atoms. The van der Waals surface area contributed by atoms with Crippen LogP contribution >= 0.6 is 11.8 Å². The first-order valence-corrected chi connectivity index (χ1v) is 7.56. The van der Waals surface area contributed by atoms with Gasteiger partial charge in [0.15, 0.2) is 0 Å². The molecule has 6 heteroatoms. The van der Waals surface area contributed by atoms with Crippen LogP contribution in [0.25, 0.3) is 0 Å². The van der Waals surface area contributed by atoms with Crippen molar-refractivity contribution in [3.63, 3.8) is 0 Å². The average Bonchev–Trinajstić information content (AvgIpc) is 2.97. The molecule has 1 aliphatic rings. The predicted octanol–water partition coefficient (Wildman–Crippen LogP) is 2.09. The van der Waals surface area contributed by atoms with E-state index in [-0.39, 0.29) is 11.2 Å². The largest absolute Gasteiger partial charge is 0.337 e. The highest BCUT2D eigenvalue weighted by molar-refractivity contribution is 8.00. The molecular formula is C14H16N4OS. The minimum absolute atomic E-state index is 0.0439. The van der Waals surface area contributed by atoms with Crippen LogP contribution in [0, 0.1) is 0 Å². The third-order valence-corrected chi connectivity index (χ3v) is 4.51. The summed E-state index contributed by atoms with van der Waals surface area (Å²) in [5.74, 6) is 0.202. The highest BCUT2D eigenvalue weighted by Crippen LogP contribution is 2.29. The molecule has 104 valence electrons. The molecule has 0 aliphatic carbocycles. The number of carbonyl (C=O) groups excluding carboxylic acids is 1. The Hall–Kier alpha value is -1.82. The number of likely N-dealkylation sites (tertiary alicyclic amines) is 1. The molecule has 0 unspecified atom stereocenters. The second-order valence-electron chi connectivity index (χ2n) is 4.80. The molecule has 1 aromatic carbocycles. The summed E-state index contributed by atoms with van der Waals surface area (Å²) in [6, 6.07) is 10.1. The molecule has 20 heavy (non-hydrogen) atoms. The Morgan fingerprint density at radius 1 is 1.35 bits per heavy atom. The second kappa shape index (κ2) is 6.09. The summed E-state index contributed by atoms with van der Waals surface area (Å²) in [5.41, 5.74) is 1.17. The van der Waals surface area contributed by atoms with E-state index < -0.39 is 0 Å². The number of amides is 1. The van der Waals surface area contributed by atoms with Crippen LogP contribution in [-0.4, -0.2) is 38.0 Å². The number of piperidine rings is 1. The Bertz CT molecular complexity index is 558. The van der Waals surface area contributed by atoms with Gasteiger partial charge >= 0.3 is 0 Å². The molecular weight excluding hydrogens is 272 g/mol. The highest BCUT2D eigenvalue weighted by atomic mass is 32.2. The van der Waals surface area contributed by atoms with Gasteiger partial charge < -0.3 is 4.90 Å². The topological polar surface area (TPSA) is 61.9 Å². The quantitative estimate of drug-likeness (QED) is 0.935. The molecule has 1 N–H and O–H groups in total. The molecule has 2 aromatic rings. The zero-order valence-electron chi connectivity index (χ0n) is 11.0. The number of carbonyl (C=O) groups is 1. The third-order valence-electron chi connectivity index (χ3n) is 3.35. The molecule has 1 fully saturated rings. The summed E-state index contributed by atoms with van der Waals surface area (Å²) < 4.78 is 0. The lowest BCUT2D eigenvalue weighted by Crippen LogP contribution is -2.42. The van der Waals surface area contributed by atoms with E-state index in [1.807, 2.05) is 23.1 Å². The standard InChI is InChI=1S/C14H16N4OS/c19-14-12(20-13-9-15-17-16-13)7-4-8-18(14)10-11-5-2-1-3-6-11/h1-3,5-6,9,12H,4,7-8,10H2,(H,15,16,17)/t12-/m0/s1. The molecule has 1 saturated heterocycles. The molecule has 2 heterocycles. The number of H-pyrrole nitrogens is 1. The fourth-order valence-corrected chi connectivity index (χ4v) is 3.40. The van der Waals surface area contributed by atoms with Gasteiger partial charge in [0, 0.05) is 13.1 Å². The monoisotopic (exact) mass is 288 g/mol. The molecule has 1 aliphatic heterocycles. The van der Waals surface area contributed by atoms with Crippen LogP contribution in [0.4, 0.5) is 0 Å². The fraction of sp³-hybridized carbons (Fsp3) is 0.357. The van der Waals surface area contributed by atoms with Crippen LogP contribution in [0.5, 0.6) is 0 Å². The maximum atomic E-state index is 12.5.